The molecule has 1 aliphatic heterocycles. The van der Waals surface area contributed by atoms with Gasteiger partial charge in [-0.3, -0.25) is 4.79 Å². The first-order chi connectivity index (χ1) is 11.2. The van der Waals surface area contributed by atoms with E-state index >= 15 is 0 Å². The molecule has 2 rings (SSSR count). The highest BCUT2D eigenvalue weighted by molar-refractivity contribution is 6.74. The van der Waals surface area contributed by atoms with Crippen molar-refractivity contribution in [3.63, 3.8) is 0 Å². The van der Waals surface area contributed by atoms with Crippen LogP contribution in [-0.2, 0) is 9.22 Å². The van der Waals surface area contributed by atoms with Crippen molar-refractivity contribution in [1.29, 1.82) is 0 Å². The van der Waals surface area contributed by atoms with Crippen molar-refractivity contribution in [2.24, 2.45) is 0 Å². The van der Waals surface area contributed by atoms with Crippen LogP contribution in [0, 0.1) is 0 Å². The van der Waals surface area contributed by atoms with Crippen molar-refractivity contribution < 1.29 is 9.22 Å². The zero-order valence-corrected chi connectivity index (χ0v) is 16.7. The second-order valence-electron chi connectivity index (χ2n) is 8.11. The van der Waals surface area contributed by atoms with Crippen LogP contribution in [0.5, 0.6) is 0 Å². The molecule has 1 aromatic carbocycles. The first-order valence-electron chi connectivity index (χ1n) is 8.86. The molecule has 1 heterocycles. The summed E-state index contributed by atoms with van der Waals surface area (Å²) in [5.74, 6) is 0.206. The fourth-order valence-electron chi connectivity index (χ4n) is 2.66. The Bertz CT molecular complexity index is 575. The Morgan fingerprint density at radius 1 is 1.21 bits per heavy atom. The number of rotatable bonds is 6. The molecular formula is C20H31NO2Si. The lowest BCUT2D eigenvalue weighted by Crippen LogP contribution is -2.41. The van der Waals surface area contributed by atoms with Gasteiger partial charge in [0.25, 0.3) is 0 Å². The number of ketones is 1. The summed E-state index contributed by atoms with van der Waals surface area (Å²) in [7, 11) is -1.67. The number of carbonyl (C=O) groups excluding carboxylic acids is 1. The molecule has 0 N–H and O–H groups in total. The molecule has 0 fully saturated rings. The Balaban J connectivity index is 1.93. The fourth-order valence-corrected chi connectivity index (χ4v) is 3.75. The quantitative estimate of drug-likeness (QED) is 0.541. The van der Waals surface area contributed by atoms with E-state index in [0.717, 1.165) is 19.6 Å². The zero-order valence-electron chi connectivity index (χ0n) is 15.7. The molecule has 1 aromatic rings. The van der Waals surface area contributed by atoms with Crippen LogP contribution >= 0.6 is 0 Å². The van der Waals surface area contributed by atoms with E-state index in [1.165, 1.54) is 5.56 Å². The summed E-state index contributed by atoms with van der Waals surface area (Å²) in [6, 6.07) is 10.5. The van der Waals surface area contributed by atoms with Crippen LogP contribution in [0.3, 0.4) is 0 Å². The third-order valence-electron chi connectivity index (χ3n) is 5.26. The summed E-state index contributed by atoms with van der Waals surface area (Å²) in [5.41, 5.74) is 1.21. The predicted molar refractivity (Wildman–Crippen MR) is 102 cm³/mol. The molecular weight excluding hydrogens is 314 g/mol. The lowest BCUT2D eigenvalue weighted by atomic mass is 9.97. The van der Waals surface area contributed by atoms with Gasteiger partial charge in [0.05, 0.1) is 6.04 Å². The maximum Gasteiger partial charge on any atom is 0.191 e. The molecule has 24 heavy (non-hydrogen) atoms. The topological polar surface area (TPSA) is 29.5 Å². The van der Waals surface area contributed by atoms with E-state index in [4.69, 9.17) is 4.43 Å². The second-order valence-corrected chi connectivity index (χ2v) is 12.9. The minimum absolute atomic E-state index is 0.150. The van der Waals surface area contributed by atoms with E-state index in [2.05, 4.69) is 50.9 Å². The predicted octanol–water partition coefficient (Wildman–Crippen LogP) is 4.93. The molecule has 3 nitrogen and oxygen atoms in total. The Labute approximate surface area is 147 Å². The molecule has 0 saturated carbocycles. The molecule has 1 aliphatic rings. The number of hydrogen-bond donors (Lipinski definition) is 0. The summed E-state index contributed by atoms with van der Waals surface area (Å²) in [5, 5.41) is 0.247. The third-order valence-corrected chi connectivity index (χ3v) is 9.80. The summed E-state index contributed by atoms with van der Waals surface area (Å²) in [6.45, 7) is 13.1. The van der Waals surface area contributed by atoms with Gasteiger partial charge < -0.3 is 9.33 Å². The maximum atomic E-state index is 11.8. The highest BCUT2D eigenvalue weighted by atomic mass is 28.4. The molecule has 0 spiro atoms. The minimum Gasteiger partial charge on any atom is -0.417 e. The van der Waals surface area contributed by atoms with Gasteiger partial charge in [-0.1, -0.05) is 51.1 Å². The molecule has 0 aromatic heterocycles. The molecule has 0 aliphatic carbocycles. The van der Waals surface area contributed by atoms with E-state index < -0.39 is 8.32 Å². The highest BCUT2D eigenvalue weighted by Crippen LogP contribution is 2.36. The minimum atomic E-state index is -1.67. The Hall–Kier alpha value is -1.39. The van der Waals surface area contributed by atoms with Crippen LogP contribution < -0.4 is 0 Å². The van der Waals surface area contributed by atoms with E-state index in [9.17, 15) is 4.79 Å². The van der Waals surface area contributed by atoms with Crippen LogP contribution in [0.25, 0.3) is 0 Å². The third kappa shape index (κ3) is 4.80. The molecule has 1 atom stereocenters. The normalized spacial score (nSPS) is 19.0. The van der Waals surface area contributed by atoms with Crippen molar-refractivity contribution in [2.75, 3.05) is 13.2 Å². The first kappa shape index (κ1) is 18.9. The van der Waals surface area contributed by atoms with E-state index in [-0.39, 0.29) is 16.9 Å². The number of allylic oxidation sites excluding steroid dienone is 1. The standard InChI is InChI=1S/C20H31NO2Si/c1-20(2,3)24(4,5)23-15-9-13-21-14-12-18(22)16-19(21)17-10-7-6-8-11-17/h6-8,10-12,14,19H,9,13,15-16H2,1-5H3. The second kappa shape index (κ2) is 7.66. The summed E-state index contributed by atoms with van der Waals surface area (Å²) in [6.07, 6.45) is 5.20. The summed E-state index contributed by atoms with van der Waals surface area (Å²) in [4.78, 5) is 14.1. The lowest BCUT2D eigenvalue weighted by molar-refractivity contribution is -0.116. The van der Waals surface area contributed by atoms with E-state index in [0.29, 0.717) is 6.42 Å². The van der Waals surface area contributed by atoms with Gasteiger partial charge in [-0.25, -0.2) is 0 Å². The fraction of sp³-hybridized carbons (Fsp3) is 0.550. The number of benzene rings is 1. The SMILES string of the molecule is CC(C)(C)[Si](C)(C)OCCCN1C=CC(=O)CC1c1ccccc1. The van der Waals surface area contributed by atoms with Gasteiger partial charge in [-0.05, 0) is 36.2 Å². The molecule has 1 unspecified atom stereocenters. The Morgan fingerprint density at radius 2 is 1.88 bits per heavy atom. The Morgan fingerprint density at radius 3 is 2.50 bits per heavy atom. The lowest BCUT2D eigenvalue weighted by Gasteiger charge is -2.37. The molecule has 0 bridgehead atoms. The van der Waals surface area contributed by atoms with Crippen molar-refractivity contribution >= 4 is 14.1 Å². The van der Waals surface area contributed by atoms with Gasteiger partial charge in [0.1, 0.15) is 0 Å². The number of nitrogens with zero attached hydrogens (tertiary/aromatic N) is 1. The first-order valence-corrected chi connectivity index (χ1v) is 11.8. The van der Waals surface area contributed by atoms with E-state index in [1.54, 1.807) is 6.08 Å². The van der Waals surface area contributed by atoms with Gasteiger partial charge in [0.2, 0.25) is 0 Å². The van der Waals surface area contributed by atoms with Crippen molar-refractivity contribution in [3.8, 4) is 0 Å². The number of carbonyl (C=O) groups is 1. The van der Waals surface area contributed by atoms with Gasteiger partial charge in [0.15, 0.2) is 14.1 Å². The van der Waals surface area contributed by atoms with Crippen LogP contribution in [0.15, 0.2) is 42.6 Å². The molecule has 0 radical (unpaired) electrons. The summed E-state index contributed by atoms with van der Waals surface area (Å²) < 4.78 is 6.27. The molecule has 4 heteroatoms. The largest absolute Gasteiger partial charge is 0.417 e. The van der Waals surface area contributed by atoms with Crippen molar-refractivity contribution in [3.05, 3.63) is 48.2 Å². The zero-order chi connectivity index (χ0) is 17.8. The molecule has 0 saturated heterocycles. The van der Waals surface area contributed by atoms with Crippen LogP contribution in [0.2, 0.25) is 18.1 Å². The van der Waals surface area contributed by atoms with Crippen molar-refractivity contribution in [1.82, 2.24) is 4.90 Å². The van der Waals surface area contributed by atoms with Crippen LogP contribution in [0.4, 0.5) is 0 Å². The summed E-state index contributed by atoms with van der Waals surface area (Å²) >= 11 is 0. The van der Waals surface area contributed by atoms with Crippen LogP contribution in [-0.4, -0.2) is 32.2 Å². The Kier molecular flexibility index (Phi) is 6.05. The van der Waals surface area contributed by atoms with Crippen molar-refractivity contribution in [2.45, 2.75) is 57.8 Å². The average Bonchev–Trinajstić information content (AvgIpc) is 2.52. The molecule has 132 valence electrons. The van der Waals surface area contributed by atoms with Gasteiger partial charge in [-0.2, -0.15) is 0 Å². The highest BCUT2D eigenvalue weighted by Gasteiger charge is 2.36. The smallest absolute Gasteiger partial charge is 0.191 e. The monoisotopic (exact) mass is 345 g/mol. The van der Waals surface area contributed by atoms with Gasteiger partial charge >= 0.3 is 0 Å². The van der Waals surface area contributed by atoms with Crippen LogP contribution in [0.1, 0.15) is 45.2 Å². The molecule has 0 amide bonds. The van der Waals surface area contributed by atoms with Gasteiger partial charge in [0, 0.05) is 25.8 Å². The van der Waals surface area contributed by atoms with E-state index in [1.807, 2.05) is 24.4 Å². The van der Waals surface area contributed by atoms with Gasteiger partial charge in [-0.15, -0.1) is 0 Å². The maximum absolute atomic E-state index is 11.8. The average molecular weight is 346 g/mol. The number of hydrogen-bond acceptors (Lipinski definition) is 3.